The fraction of sp³-hybridized carbons (Fsp3) is 0.500. The van der Waals surface area contributed by atoms with Crippen LogP contribution in [0.1, 0.15) is 38.8 Å². The van der Waals surface area contributed by atoms with E-state index in [4.69, 9.17) is 4.99 Å². The highest BCUT2D eigenvalue weighted by molar-refractivity contribution is 8.14. The molecule has 1 heterocycles. The van der Waals surface area contributed by atoms with Crippen LogP contribution in [0.2, 0.25) is 0 Å². The highest BCUT2D eigenvalue weighted by atomic mass is 32.2. The van der Waals surface area contributed by atoms with Crippen LogP contribution in [0.4, 0.5) is 0 Å². The first-order valence-corrected chi connectivity index (χ1v) is 7.13. The fourth-order valence-corrected chi connectivity index (χ4v) is 3.02. The van der Waals surface area contributed by atoms with Gasteiger partial charge in [0.2, 0.25) is 0 Å². The summed E-state index contributed by atoms with van der Waals surface area (Å²) in [5.41, 5.74) is 1.48. The first-order chi connectivity index (χ1) is 8.11. The largest absolute Gasteiger partial charge is 0.359 e. The highest BCUT2D eigenvalue weighted by Gasteiger charge is 2.27. The molecular formula is C14H20N2S. The molecule has 3 heteroatoms. The number of rotatable bonds is 3. The Kier molecular flexibility index (Phi) is 3.77. The quantitative estimate of drug-likeness (QED) is 0.883. The van der Waals surface area contributed by atoms with E-state index in [0.29, 0.717) is 0 Å². The fourth-order valence-electron chi connectivity index (χ4n) is 1.90. The van der Waals surface area contributed by atoms with Crippen LogP contribution in [0.5, 0.6) is 0 Å². The number of hydrogen-bond donors (Lipinski definition) is 1. The van der Waals surface area contributed by atoms with Crippen LogP contribution < -0.4 is 5.32 Å². The molecule has 0 aromatic heterocycles. The zero-order valence-electron chi connectivity index (χ0n) is 10.7. The van der Waals surface area contributed by atoms with Gasteiger partial charge in [-0.15, -0.1) is 0 Å². The summed E-state index contributed by atoms with van der Waals surface area (Å²) in [4.78, 5) is 4.83. The molecule has 1 aliphatic heterocycles. The van der Waals surface area contributed by atoms with Crippen molar-refractivity contribution in [2.75, 3.05) is 5.75 Å². The second-order valence-electron chi connectivity index (χ2n) is 5.07. The predicted octanol–water partition coefficient (Wildman–Crippen LogP) is 3.61. The molecule has 0 aliphatic carbocycles. The number of nitrogens with zero attached hydrogens (tertiary/aromatic N) is 1. The molecule has 0 amide bonds. The average molecular weight is 248 g/mol. The maximum Gasteiger partial charge on any atom is 0.157 e. The van der Waals surface area contributed by atoms with Crippen molar-refractivity contribution in [3.8, 4) is 0 Å². The number of thioether (sulfide) groups is 1. The van der Waals surface area contributed by atoms with Crippen molar-refractivity contribution in [1.82, 2.24) is 5.32 Å². The minimum Gasteiger partial charge on any atom is -0.359 e. The summed E-state index contributed by atoms with van der Waals surface area (Å²) >= 11 is 1.83. The van der Waals surface area contributed by atoms with Gasteiger partial charge in [-0.05, 0) is 25.8 Å². The van der Waals surface area contributed by atoms with Gasteiger partial charge >= 0.3 is 0 Å². The van der Waals surface area contributed by atoms with E-state index >= 15 is 0 Å². The molecule has 1 unspecified atom stereocenters. The van der Waals surface area contributed by atoms with Gasteiger partial charge in [0.25, 0.3) is 0 Å². The zero-order chi connectivity index (χ0) is 12.3. The third-order valence-corrected chi connectivity index (χ3v) is 4.21. The first-order valence-electron chi connectivity index (χ1n) is 6.14. The van der Waals surface area contributed by atoms with Crippen LogP contribution in [0.3, 0.4) is 0 Å². The van der Waals surface area contributed by atoms with Crippen LogP contribution in [-0.4, -0.2) is 16.5 Å². The van der Waals surface area contributed by atoms with Gasteiger partial charge < -0.3 is 5.32 Å². The van der Waals surface area contributed by atoms with Gasteiger partial charge in [0.05, 0.1) is 6.04 Å². The molecule has 1 aromatic rings. The molecule has 1 fully saturated rings. The van der Waals surface area contributed by atoms with E-state index in [0.717, 1.165) is 17.3 Å². The summed E-state index contributed by atoms with van der Waals surface area (Å²) in [7, 11) is 0. The predicted molar refractivity (Wildman–Crippen MR) is 76.6 cm³/mol. The number of amidine groups is 1. The summed E-state index contributed by atoms with van der Waals surface area (Å²) in [6.45, 7) is 6.62. The van der Waals surface area contributed by atoms with E-state index in [1.54, 1.807) is 0 Å². The summed E-state index contributed by atoms with van der Waals surface area (Å²) in [6.07, 6.45) is 1.04. The molecule has 1 aromatic carbocycles. The lowest BCUT2D eigenvalue weighted by molar-refractivity contribution is 0.534. The molecule has 92 valence electrons. The van der Waals surface area contributed by atoms with Crippen LogP contribution in [-0.2, 0) is 0 Å². The third kappa shape index (κ3) is 3.25. The minimum absolute atomic E-state index is 0.179. The Hall–Kier alpha value is -0.960. The van der Waals surface area contributed by atoms with E-state index in [9.17, 15) is 0 Å². The SMILES string of the molecule is CCC(N=C1NC(C)(C)CS1)c1ccccc1. The molecule has 2 rings (SSSR count). The van der Waals surface area contributed by atoms with Gasteiger partial charge in [0.1, 0.15) is 0 Å². The standard InChI is InChI=1S/C14H20N2S/c1-4-12(11-8-6-5-7-9-11)15-13-16-14(2,3)10-17-13/h5-9,12H,4,10H2,1-3H3,(H,15,16). The lowest BCUT2D eigenvalue weighted by atomic mass is 10.1. The lowest BCUT2D eigenvalue weighted by Gasteiger charge is -2.17. The normalized spacial score (nSPS) is 22.4. The number of nitrogens with one attached hydrogen (secondary N) is 1. The number of hydrogen-bond acceptors (Lipinski definition) is 2. The molecule has 2 nitrogen and oxygen atoms in total. The van der Waals surface area contributed by atoms with E-state index in [2.05, 4.69) is 56.4 Å². The van der Waals surface area contributed by atoms with Gasteiger partial charge in [-0.3, -0.25) is 4.99 Å². The molecular weight excluding hydrogens is 228 g/mol. The Balaban J connectivity index is 2.14. The first kappa shape index (κ1) is 12.5. The van der Waals surface area contributed by atoms with E-state index < -0.39 is 0 Å². The minimum atomic E-state index is 0.179. The van der Waals surface area contributed by atoms with Gasteiger partial charge in [-0.25, -0.2) is 0 Å². The zero-order valence-corrected chi connectivity index (χ0v) is 11.6. The molecule has 1 saturated heterocycles. The maximum absolute atomic E-state index is 4.83. The van der Waals surface area contributed by atoms with Crippen molar-refractivity contribution in [3.05, 3.63) is 35.9 Å². The Morgan fingerprint density at radius 1 is 1.35 bits per heavy atom. The molecule has 1 N–H and O–H groups in total. The van der Waals surface area contributed by atoms with Crippen molar-refractivity contribution >= 4 is 16.9 Å². The van der Waals surface area contributed by atoms with Gasteiger partial charge in [0.15, 0.2) is 5.17 Å². The molecule has 17 heavy (non-hydrogen) atoms. The molecule has 0 saturated carbocycles. The summed E-state index contributed by atoms with van der Waals surface area (Å²) < 4.78 is 0. The average Bonchev–Trinajstić information content (AvgIpc) is 2.67. The van der Waals surface area contributed by atoms with Crippen molar-refractivity contribution in [1.29, 1.82) is 0 Å². The van der Waals surface area contributed by atoms with Crippen molar-refractivity contribution in [2.45, 2.75) is 38.8 Å². The summed E-state index contributed by atoms with van der Waals surface area (Å²) in [5.74, 6) is 1.09. The van der Waals surface area contributed by atoms with Crippen molar-refractivity contribution in [3.63, 3.8) is 0 Å². The monoisotopic (exact) mass is 248 g/mol. The Labute approximate surface area is 108 Å². The van der Waals surface area contributed by atoms with E-state index in [1.165, 1.54) is 5.56 Å². The Bertz CT molecular complexity index is 398. The molecule has 1 aliphatic rings. The second kappa shape index (κ2) is 5.13. The lowest BCUT2D eigenvalue weighted by Crippen LogP contribution is -2.37. The topological polar surface area (TPSA) is 24.4 Å². The highest BCUT2D eigenvalue weighted by Crippen LogP contribution is 2.27. The molecule has 1 atom stereocenters. The third-order valence-electron chi connectivity index (χ3n) is 2.86. The summed E-state index contributed by atoms with van der Waals surface area (Å²) in [6, 6.07) is 10.8. The van der Waals surface area contributed by atoms with Crippen LogP contribution in [0.25, 0.3) is 0 Å². The van der Waals surface area contributed by atoms with Crippen molar-refractivity contribution in [2.24, 2.45) is 4.99 Å². The van der Waals surface area contributed by atoms with Gasteiger partial charge in [-0.2, -0.15) is 0 Å². The maximum atomic E-state index is 4.83. The number of benzene rings is 1. The van der Waals surface area contributed by atoms with Crippen LogP contribution in [0, 0.1) is 0 Å². The van der Waals surface area contributed by atoms with E-state index in [-0.39, 0.29) is 11.6 Å². The smallest absolute Gasteiger partial charge is 0.157 e. The van der Waals surface area contributed by atoms with E-state index in [1.807, 2.05) is 11.8 Å². The molecule has 0 radical (unpaired) electrons. The van der Waals surface area contributed by atoms with Gasteiger partial charge in [-0.1, -0.05) is 49.0 Å². The van der Waals surface area contributed by atoms with Crippen LogP contribution in [0.15, 0.2) is 35.3 Å². The summed E-state index contributed by atoms with van der Waals surface area (Å²) in [5, 5.41) is 4.57. The Morgan fingerprint density at radius 3 is 2.59 bits per heavy atom. The second-order valence-corrected chi connectivity index (χ2v) is 6.03. The Morgan fingerprint density at radius 2 is 2.06 bits per heavy atom. The van der Waals surface area contributed by atoms with Gasteiger partial charge in [0, 0.05) is 11.3 Å². The molecule has 0 spiro atoms. The molecule has 0 bridgehead atoms. The van der Waals surface area contributed by atoms with Crippen LogP contribution >= 0.6 is 11.8 Å². The van der Waals surface area contributed by atoms with Crippen molar-refractivity contribution < 1.29 is 0 Å². The number of aliphatic imine (C=N–C) groups is 1.